The van der Waals surface area contributed by atoms with Gasteiger partial charge in [-0.05, 0) is 37.1 Å². The third kappa shape index (κ3) is 3.25. The molecule has 1 heterocycles. The number of nitrogens with one attached hydrogen (secondary N) is 1. The number of thiazole rings is 1. The molecule has 19 heavy (non-hydrogen) atoms. The van der Waals surface area contributed by atoms with Gasteiger partial charge < -0.3 is 5.32 Å². The largest absolute Gasteiger partial charge is 0.307 e. The van der Waals surface area contributed by atoms with Gasteiger partial charge in [-0.3, -0.25) is 0 Å². The lowest BCUT2D eigenvalue weighted by molar-refractivity contribution is 0.678. The first-order chi connectivity index (χ1) is 9.02. The Morgan fingerprint density at radius 1 is 1.32 bits per heavy atom. The molecule has 2 aromatic rings. The molecule has 2 nitrogen and oxygen atoms in total. The molecule has 2 rings (SSSR count). The normalized spacial score (nSPS) is 12.9. The monoisotopic (exact) mass is 338 g/mol. The lowest BCUT2D eigenvalue weighted by Crippen LogP contribution is -2.17. The molecule has 0 aliphatic heterocycles. The Morgan fingerprint density at radius 3 is 2.58 bits per heavy atom. The van der Waals surface area contributed by atoms with Crippen LogP contribution < -0.4 is 5.32 Å². The molecule has 1 aromatic carbocycles. The standard InChI is InChI=1S/C15H19BrN2S/c1-9(2)13-8-19-15(18-13)14(17-4)11-5-6-12(16)10(3)7-11/h5-9,14,17H,1-4H3. The lowest BCUT2D eigenvalue weighted by Gasteiger charge is -2.15. The molecule has 1 aromatic heterocycles. The molecule has 0 aliphatic rings. The van der Waals surface area contributed by atoms with Crippen molar-refractivity contribution >= 4 is 27.3 Å². The predicted molar refractivity (Wildman–Crippen MR) is 86.0 cm³/mol. The Balaban J connectivity index is 2.35. The average Bonchev–Trinajstić information content (AvgIpc) is 2.84. The topological polar surface area (TPSA) is 24.9 Å². The molecule has 0 bridgehead atoms. The fourth-order valence-electron chi connectivity index (χ4n) is 1.98. The summed E-state index contributed by atoms with van der Waals surface area (Å²) < 4.78 is 1.15. The van der Waals surface area contributed by atoms with Crippen LogP contribution in [0.3, 0.4) is 0 Å². The maximum absolute atomic E-state index is 4.75. The van der Waals surface area contributed by atoms with Crippen molar-refractivity contribution < 1.29 is 0 Å². The predicted octanol–water partition coefficient (Wildman–Crippen LogP) is 4.65. The second kappa shape index (κ2) is 6.16. The molecule has 0 aliphatic carbocycles. The van der Waals surface area contributed by atoms with Crippen molar-refractivity contribution in [1.29, 1.82) is 0 Å². The van der Waals surface area contributed by atoms with Gasteiger partial charge in [0.05, 0.1) is 11.7 Å². The molecule has 0 saturated carbocycles. The molecule has 0 spiro atoms. The fraction of sp³-hybridized carbons (Fsp3) is 0.400. The van der Waals surface area contributed by atoms with Crippen LogP contribution in [-0.2, 0) is 0 Å². The van der Waals surface area contributed by atoms with Crippen LogP contribution in [0.1, 0.15) is 47.6 Å². The van der Waals surface area contributed by atoms with Gasteiger partial charge in [-0.15, -0.1) is 11.3 Å². The fourth-order valence-corrected chi connectivity index (χ4v) is 3.34. The molecule has 0 radical (unpaired) electrons. The van der Waals surface area contributed by atoms with Gasteiger partial charge in [0.2, 0.25) is 0 Å². The summed E-state index contributed by atoms with van der Waals surface area (Å²) in [5, 5.41) is 6.66. The van der Waals surface area contributed by atoms with Crippen molar-refractivity contribution in [1.82, 2.24) is 10.3 Å². The Labute approximate surface area is 127 Å². The van der Waals surface area contributed by atoms with Crippen LogP contribution in [0.15, 0.2) is 28.1 Å². The third-order valence-corrected chi connectivity index (χ3v) is 5.00. The first-order valence-electron chi connectivity index (χ1n) is 6.41. The van der Waals surface area contributed by atoms with Crippen molar-refractivity contribution in [2.75, 3.05) is 7.05 Å². The minimum Gasteiger partial charge on any atom is -0.307 e. The van der Waals surface area contributed by atoms with Gasteiger partial charge in [-0.2, -0.15) is 0 Å². The SMILES string of the molecule is CNC(c1ccc(Br)c(C)c1)c1nc(C(C)C)cs1. The van der Waals surface area contributed by atoms with Gasteiger partial charge in [-0.25, -0.2) is 4.98 Å². The zero-order valence-corrected chi connectivity index (χ0v) is 14.1. The molecular formula is C15H19BrN2S. The first kappa shape index (κ1) is 14.7. The van der Waals surface area contributed by atoms with E-state index in [0.29, 0.717) is 5.92 Å². The summed E-state index contributed by atoms with van der Waals surface area (Å²) in [5.41, 5.74) is 3.68. The number of hydrogen-bond acceptors (Lipinski definition) is 3. The van der Waals surface area contributed by atoms with Crippen molar-refractivity contribution in [3.63, 3.8) is 0 Å². The highest BCUT2D eigenvalue weighted by Crippen LogP contribution is 2.29. The van der Waals surface area contributed by atoms with Gasteiger partial charge in [0.25, 0.3) is 0 Å². The number of nitrogens with zero attached hydrogens (tertiary/aromatic N) is 1. The van der Waals surface area contributed by atoms with Crippen LogP contribution in [0, 0.1) is 6.92 Å². The number of rotatable bonds is 4. The summed E-state index contributed by atoms with van der Waals surface area (Å²) in [7, 11) is 1.98. The zero-order valence-electron chi connectivity index (χ0n) is 11.7. The molecule has 1 atom stereocenters. The second-order valence-electron chi connectivity index (χ2n) is 5.00. The van der Waals surface area contributed by atoms with E-state index in [1.807, 2.05) is 7.05 Å². The minimum atomic E-state index is 0.171. The number of aryl methyl sites for hydroxylation is 1. The highest BCUT2D eigenvalue weighted by atomic mass is 79.9. The molecule has 0 saturated heterocycles. The molecule has 0 amide bonds. The second-order valence-corrected chi connectivity index (χ2v) is 6.74. The van der Waals surface area contributed by atoms with Crippen molar-refractivity contribution in [2.24, 2.45) is 0 Å². The molecule has 0 fully saturated rings. The quantitative estimate of drug-likeness (QED) is 0.877. The van der Waals surface area contributed by atoms with Gasteiger partial charge in [0.15, 0.2) is 0 Å². The van der Waals surface area contributed by atoms with Crippen molar-refractivity contribution in [2.45, 2.75) is 32.7 Å². The Morgan fingerprint density at radius 2 is 2.05 bits per heavy atom. The Kier molecular flexibility index (Phi) is 4.76. The number of aromatic nitrogens is 1. The Bertz CT molecular complexity index is 563. The van der Waals surface area contributed by atoms with E-state index < -0.39 is 0 Å². The maximum Gasteiger partial charge on any atom is 0.114 e. The molecule has 4 heteroatoms. The zero-order chi connectivity index (χ0) is 14.0. The van der Waals surface area contributed by atoms with Crippen molar-refractivity contribution in [3.05, 3.63) is 49.9 Å². The van der Waals surface area contributed by atoms with Crippen LogP contribution >= 0.6 is 27.3 Å². The highest BCUT2D eigenvalue weighted by Gasteiger charge is 2.17. The lowest BCUT2D eigenvalue weighted by atomic mass is 10.0. The summed E-state index contributed by atoms with van der Waals surface area (Å²) in [4.78, 5) is 4.75. The van der Waals surface area contributed by atoms with Gasteiger partial charge in [-0.1, -0.05) is 41.9 Å². The van der Waals surface area contributed by atoms with Gasteiger partial charge >= 0.3 is 0 Å². The molecule has 102 valence electrons. The van der Waals surface area contributed by atoms with E-state index in [2.05, 4.69) is 65.6 Å². The van der Waals surface area contributed by atoms with E-state index in [9.17, 15) is 0 Å². The van der Waals surface area contributed by atoms with E-state index in [1.54, 1.807) is 11.3 Å². The maximum atomic E-state index is 4.75. The molecular weight excluding hydrogens is 320 g/mol. The van der Waals surface area contributed by atoms with Crippen LogP contribution in [0.25, 0.3) is 0 Å². The van der Waals surface area contributed by atoms with Crippen LogP contribution in [0.4, 0.5) is 0 Å². The first-order valence-corrected chi connectivity index (χ1v) is 8.08. The summed E-state index contributed by atoms with van der Waals surface area (Å²) in [5.74, 6) is 0.481. The Hall–Kier alpha value is -0.710. The summed E-state index contributed by atoms with van der Waals surface area (Å²) in [6.45, 7) is 6.47. The van der Waals surface area contributed by atoms with E-state index in [0.717, 1.165) is 9.48 Å². The van der Waals surface area contributed by atoms with Crippen molar-refractivity contribution in [3.8, 4) is 0 Å². The number of benzene rings is 1. The van der Waals surface area contributed by atoms with Crippen LogP contribution in [-0.4, -0.2) is 12.0 Å². The summed E-state index contributed by atoms with van der Waals surface area (Å²) in [6, 6.07) is 6.63. The van der Waals surface area contributed by atoms with Crippen LogP contribution in [0.2, 0.25) is 0 Å². The van der Waals surface area contributed by atoms with Gasteiger partial charge in [0.1, 0.15) is 5.01 Å². The molecule has 1 unspecified atom stereocenters. The summed E-state index contributed by atoms with van der Waals surface area (Å²) >= 11 is 5.28. The van der Waals surface area contributed by atoms with E-state index in [1.165, 1.54) is 16.8 Å². The van der Waals surface area contributed by atoms with E-state index >= 15 is 0 Å². The van der Waals surface area contributed by atoms with Crippen LogP contribution in [0.5, 0.6) is 0 Å². The van der Waals surface area contributed by atoms with Gasteiger partial charge in [0, 0.05) is 9.85 Å². The minimum absolute atomic E-state index is 0.171. The smallest absolute Gasteiger partial charge is 0.114 e. The number of halogens is 1. The third-order valence-electron chi connectivity index (χ3n) is 3.18. The number of hydrogen-bond donors (Lipinski definition) is 1. The molecule has 1 N–H and O–H groups in total. The highest BCUT2D eigenvalue weighted by molar-refractivity contribution is 9.10. The van der Waals surface area contributed by atoms with E-state index in [4.69, 9.17) is 4.98 Å². The average molecular weight is 339 g/mol. The summed E-state index contributed by atoms with van der Waals surface area (Å²) in [6.07, 6.45) is 0. The van der Waals surface area contributed by atoms with E-state index in [-0.39, 0.29) is 6.04 Å².